The van der Waals surface area contributed by atoms with Crippen molar-refractivity contribution in [3.63, 3.8) is 0 Å². The topological polar surface area (TPSA) is 85.8 Å². The van der Waals surface area contributed by atoms with Gasteiger partial charge in [-0.05, 0) is 13.3 Å². The second-order valence-electron chi connectivity index (χ2n) is 4.59. The summed E-state index contributed by atoms with van der Waals surface area (Å²) in [5.41, 5.74) is 5.49. The maximum atomic E-state index is 12.7. The minimum absolute atomic E-state index is 0.116. The van der Waals surface area contributed by atoms with Crippen LogP contribution in [0, 0.1) is 6.92 Å². The fraction of sp³-hybridized carbons (Fsp3) is 0.667. The molecule has 1 aromatic rings. The molecule has 6 nitrogen and oxygen atoms in total. The van der Waals surface area contributed by atoms with Gasteiger partial charge in [0.1, 0.15) is 16.4 Å². The Morgan fingerprint density at radius 1 is 1.53 bits per heavy atom. The van der Waals surface area contributed by atoms with Crippen molar-refractivity contribution in [2.24, 2.45) is 5.73 Å². The van der Waals surface area contributed by atoms with Gasteiger partial charge in [0.15, 0.2) is 0 Å². The number of aryl methyl sites for hydroxylation is 1. The number of nitrogens with zero attached hydrogens (tertiary/aromatic N) is 1. The molecule has 0 aromatic carbocycles. The lowest BCUT2D eigenvalue weighted by atomic mass is 10.2. The van der Waals surface area contributed by atoms with Crippen LogP contribution in [0.2, 0.25) is 0 Å². The van der Waals surface area contributed by atoms with E-state index < -0.39 is 10.0 Å². The van der Waals surface area contributed by atoms with Crippen LogP contribution in [0.5, 0.6) is 0 Å². The first-order valence-corrected chi connectivity index (χ1v) is 7.83. The molecule has 1 aliphatic heterocycles. The van der Waals surface area contributed by atoms with Gasteiger partial charge in [0.2, 0.25) is 10.0 Å². The second kappa shape index (κ2) is 5.62. The first-order chi connectivity index (χ1) is 9.00. The predicted molar refractivity (Wildman–Crippen MR) is 70.1 cm³/mol. The molecule has 2 heterocycles. The molecule has 0 spiro atoms. The Bertz CT molecular complexity index is 538. The Kier molecular flexibility index (Phi) is 4.29. The highest BCUT2D eigenvalue weighted by Gasteiger charge is 2.35. The van der Waals surface area contributed by atoms with Gasteiger partial charge in [-0.15, -0.1) is 0 Å². The summed E-state index contributed by atoms with van der Waals surface area (Å²) >= 11 is 0. The first-order valence-electron chi connectivity index (χ1n) is 6.39. The van der Waals surface area contributed by atoms with Gasteiger partial charge >= 0.3 is 0 Å². The van der Waals surface area contributed by atoms with Crippen molar-refractivity contribution in [3.8, 4) is 0 Å². The van der Waals surface area contributed by atoms with E-state index in [1.54, 1.807) is 6.92 Å². The molecule has 1 unspecified atom stereocenters. The molecular weight excluding hydrogens is 268 g/mol. The van der Waals surface area contributed by atoms with Crippen LogP contribution < -0.4 is 5.73 Å². The summed E-state index contributed by atoms with van der Waals surface area (Å²) in [4.78, 5) is 0.216. The molecule has 0 bridgehead atoms. The number of morpholine rings is 1. The molecule has 1 saturated heterocycles. The van der Waals surface area contributed by atoms with Crippen molar-refractivity contribution in [1.82, 2.24) is 4.31 Å². The van der Waals surface area contributed by atoms with Crippen LogP contribution >= 0.6 is 0 Å². The van der Waals surface area contributed by atoms with Crippen LogP contribution in [0.1, 0.15) is 24.9 Å². The lowest BCUT2D eigenvalue weighted by Crippen LogP contribution is -2.48. The average Bonchev–Trinajstić information content (AvgIpc) is 2.80. The zero-order valence-electron chi connectivity index (χ0n) is 11.3. The average molecular weight is 288 g/mol. The zero-order valence-corrected chi connectivity index (χ0v) is 12.1. The van der Waals surface area contributed by atoms with E-state index in [9.17, 15) is 8.42 Å². The van der Waals surface area contributed by atoms with E-state index in [1.165, 1.54) is 10.4 Å². The third-order valence-corrected chi connectivity index (χ3v) is 5.42. The highest BCUT2D eigenvalue weighted by Crippen LogP contribution is 2.26. The summed E-state index contributed by atoms with van der Waals surface area (Å²) in [6.07, 6.45) is 0.722. The molecule has 0 amide bonds. The van der Waals surface area contributed by atoms with Gasteiger partial charge in [0.25, 0.3) is 0 Å². The molecule has 2 rings (SSSR count). The molecule has 19 heavy (non-hydrogen) atoms. The van der Waals surface area contributed by atoms with Crippen LogP contribution in [-0.2, 0) is 21.3 Å². The SMILES string of the molecule is CCC1COCCN1S(=O)(=O)c1cc(CN)oc1C. The van der Waals surface area contributed by atoms with Crippen molar-refractivity contribution in [2.75, 3.05) is 19.8 Å². The Morgan fingerprint density at radius 2 is 2.26 bits per heavy atom. The zero-order chi connectivity index (χ0) is 14.0. The Hall–Kier alpha value is -0.890. The van der Waals surface area contributed by atoms with Crippen molar-refractivity contribution in [3.05, 3.63) is 17.6 Å². The Labute approximate surface area is 113 Å². The van der Waals surface area contributed by atoms with Crippen LogP contribution in [0.4, 0.5) is 0 Å². The van der Waals surface area contributed by atoms with Gasteiger partial charge in [-0.25, -0.2) is 8.42 Å². The number of sulfonamides is 1. The minimum atomic E-state index is -3.54. The minimum Gasteiger partial charge on any atom is -0.464 e. The van der Waals surface area contributed by atoms with E-state index in [-0.39, 0.29) is 17.5 Å². The monoisotopic (exact) mass is 288 g/mol. The Morgan fingerprint density at radius 3 is 2.84 bits per heavy atom. The summed E-state index contributed by atoms with van der Waals surface area (Å²) in [5.74, 6) is 0.874. The van der Waals surface area contributed by atoms with Gasteiger partial charge in [0, 0.05) is 18.7 Å². The number of hydrogen-bond acceptors (Lipinski definition) is 5. The van der Waals surface area contributed by atoms with E-state index >= 15 is 0 Å². The summed E-state index contributed by atoms with van der Waals surface area (Å²) in [6, 6.07) is 1.40. The number of furan rings is 1. The maximum absolute atomic E-state index is 12.7. The smallest absolute Gasteiger partial charge is 0.246 e. The van der Waals surface area contributed by atoms with Gasteiger partial charge in [-0.2, -0.15) is 4.31 Å². The largest absolute Gasteiger partial charge is 0.464 e. The Balaban J connectivity index is 2.37. The number of nitrogens with two attached hydrogens (primary N) is 1. The molecule has 7 heteroatoms. The molecular formula is C12H20N2O4S. The molecule has 0 aliphatic carbocycles. The van der Waals surface area contributed by atoms with E-state index in [2.05, 4.69) is 0 Å². The molecule has 108 valence electrons. The highest BCUT2D eigenvalue weighted by atomic mass is 32.2. The molecule has 0 radical (unpaired) electrons. The van der Waals surface area contributed by atoms with Crippen molar-refractivity contribution >= 4 is 10.0 Å². The van der Waals surface area contributed by atoms with E-state index in [0.29, 0.717) is 31.3 Å². The normalized spacial score (nSPS) is 21.7. The molecule has 1 aliphatic rings. The molecule has 1 fully saturated rings. The fourth-order valence-corrected chi connectivity index (χ4v) is 4.14. The van der Waals surface area contributed by atoms with Gasteiger partial charge < -0.3 is 14.9 Å². The molecule has 2 N–H and O–H groups in total. The standard InChI is InChI=1S/C12H20N2O4S/c1-3-10-8-17-5-4-14(10)19(15,16)12-6-11(7-13)18-9(12)2/h6,10H,3-5,7-8,13H2,1-2H3. The van der Waals surface area contributed by atoms with Gasteiger partial charge in [0.05, 0.1) is 19.8 Å². The van der Waals surface area contributed by atoms with Crippen LogP contribution in [-0.4, -0.2) is 38.5 Å². The lowest BCUT2D eigenvalue weighted by Gasteiger charge is -2.33. The summed E-state index contributed by atoms with van der Waals surface area (Å²) in [7, 11) is -3.54. The third kappa shape index (κ3) is 2.69. The predicted octanol–water partition coefficient (Wildman–Crippen LogP) is 0.846. The molecule has 1 atom stereocenters. The molecule has 0 saturated carbocycles. The van der Waals surface area contributed by atoms with Crippen LogP contribution in [0.3, 0.4) is 0 Å². The first kappa shape index (κ1) is 14.5. The molecule has 1 aromatic heterocycles. The summed E-state index contributed by atoms with van der Waals surface area (Å²) in [6.45, 7) is 5.04. The van der Waals surface area contributed by atoms with Crippen LogP contribution in [0.25, 0.3) is 0 Å². The van der Waals surface area contributed by atoms with Crippen molar-refractivity contribution in [1.29, 1.82) is 0 Å². The summed E-state index contributed by atoms with van der Waals surface area (Å²) < 4.78 is 37.6. The number of ether oxygens (including phenoxy) is 1. The third-order valence-electron chi connectivity index (χ3n) is 3.36. The summed E-state index contributed by atoms with van der Waals surface area (Å²) in [5, 5.41) is 0. The van der Waals surface area contributed by atoms with E-state index in [0.717, 1.165) is 6.42 Å². The van der Waals surface area contributed by atoms with E-state index in [4.69, 9.17) is 14.9 Å². The van der Waals surface area contributed by atoms with Crippen molar-refractivity contribution < 1.29 is 17.6 Å². The van der Waals surface area contributed by atoms with Crippen LogP contribution in [0.15, 0.2) is 15.4 Å². The van der Waals surface area contributed by atoms with Gasteiger partial charge in [-0.3, -0.25) is 0 Å². The maximum Gasteiger partial charge on any atom is 0.246 e. The second-order valence-corrected chi connectivity index (χ2v) is 6.45. The van der Waals surface area contributed by atoms with Crippen molar-refractivity contribution in [2.45, 2.75) is 37.8 Å². The van der Waals surface area contributed by atoms with E-state index in [1.807, 2.05) is 6.92 Å². The number of rotatable bonds is 4. The number of hydrogen-bond donors (Lipinski definition) is 1. The highest BCUT2D eigenvalue weighted by molar-refractivity contribution is 7.89. The quantitative estimate of drug-likeness (QED) is 0.887. The van der Waals surface area contributed by atoms with Gasteiger partial charge in [-0.1, -0.05) is 6.92 Å². The fourth-order valence-electron chi connectivity index (χ4n) is 2.28. The lowest BCUT2D eigenvalue weighted by molar-refractivity contribution is 0.0314.